The van der Waals surface area contributed by atoms with Gasteiger partial charge in [-0.1, -0.05) is 0 Å². The van der Waals surface area contributed by atoms with Crippen molar-refractivity contribution in [2.45, 2.75) is 6.92 Å². The van der Waals surface area contributed by atoms with Crippen molar-refractivity contribution in [2.24, 2.45) is 0 Å². The summed E-state index contributed by atoms with van der Waals surface area (Å²) in [4.78, 5) is 4.02. The summed E-state index contributed by atoms with van der Waals surface area (Å²) in [7, 11) is 0. The van der Waals surface area contributed by atoms with Crippen molar-refractivity contribution in [1.29, 1.82) is 0 Å². The summed E-state index contributed by atoms with van der Waals surface area (Å²) in [6.45, 7) is 1.92. The first-order valence-corrected chi connectivity index (χ1v) is 2.90. The minimum atomic E-state index is 0.718. The van der Waals surface area contributed by atoms with Crippen LogP contribution in [0.4, 0.5) is 0 Å². The molecule has 2 heterocycles. The van der Waals surface area contributed by atoms with Crippen LogP contribution in [0.15, 0.2) is 16.9 Å². The summed E-state index contributed by atoms with van der Waals surface area (Å²) in [6.07, 6.45) is 3.31. The maximum Gasteiger partial charge on any atom is 0.191 e. The summed E-state index contributed by atoms with van der Waals surface area (Å²) in [5, 5.41) is 6.93. The summed E-state index contributed by atoms with van der Waals surface area (Å²) in [5.41, 5.74) is 1.75. The molecular weight excluding hydrogens is 130 g/mol. The normalized spacial score (nSPS) is 10.5. The highest BCUT2D eigenvalue weighted by atomic mass is 16.5. The Morgan fingerprint density at radius 1 is 1.40 bits per heavy atom. The van der Waals surface area contributed by atoms with Gasteiger partial charge < -0.3 is 4.52 Å². The lowest BCUT2D eigenvalue weighted by molar-refractivity contribution is 0.370. The molecule has 0 saturated heterocycles. The summed E-state index contributed by atoms with van der Waals surface area (Å²) >= 11 is 0. The average molecular weight is 135 g/mol. The van der Waals surface area contributed by atoms with E-state index in [0.29, 0.717) is 0 Å². The van der Waals surface area contributed by atoms with Crippen LogP contribution in [0.25, 0.3) is 11.5 Å². The molecule has 0 aromatic heterocycles. The van der Waals surface area contributed by atoms with Crippen LogP contribution in [0.5, 0.6) is 0 Å². The number of aromatic nitrogens is 3. The molecule has 0 aromatic rings. The maximum absolute atomic E-state index is 4.86. The first-order valence-electron chi connectivity index (χ1n) is 2.90. The van der Waals surface area contributed by atoms with Gasteiger partial charge in [-0.05, 0) is 6.92 Å². The Bertz CT molecular complexity index is 317. The lowest BCUT2D eigenvalue weighted by Crippen LogP contribution is -1.83. The standard InChI is InChI=1S/C6H5N3O/c1-4-2-7-5-3-8-9-10-6(4)5/h2-3H,1H3. The van der Waals surface area contributed by atoms with E-state index in [4.69, 9.17) is 4.52 Å². The van der Waals surface area contributed by atoms with Crippen molar-refractivity contribution < 1.29 is 4.52 Å². The van der Waals surface area contributed by atoms with Crippen LogP contribution in [0, 0.1) is 6.92 Å². The zero-order valence-corrected chi connectivity index (χ0v) is 5.40. The van der Waals surface area contributed by atoms with E-state index in [1.807, 2.05) is 6.92 Å². The molecule has 0 radical (unpaired) electrons. The first-order chi connectivity index (χ1) is 4.88. The van der Waals surface area contributed by atoms with Gasteiger partial charge in [0, 0.05) is 17.0 Å². The third-order valence-corrected chi connectivity index (χ3v) is 1.35. The first kappa shape index (κ1) is 5.34. The molecular formula is C6H5N3O. The van der Waals surface area contributed by atoms with Crippen LogP contribution >= 0.6 is 0 Å². The number of hydrogen-bond donors (Lipinski definition) is 0. The Labute approximate surface area is 57.2 Å². The van der Waals surface area contributed by atoms with Gasteiger partial charge in [-0.25, -0.2) is 0 Å². The number of fused-ring (bicyclic) bond motifs is 1. The summed E-state index contributed by atoms with van der Waals surface area (Å²) in [6, 6.07) is 0. The molecule has 10 heavy (non-hydrogen) atoms. The van der Waals surface area contributed by atoms with Gasteiger partial charge in [-0.15, -0.1) is 5.10 Å². The van der Waals surface area contributed by atoms with Crippen LogP contribution in [0.2, 0.25) is 0 Å². The second-order valence-electron chi connectivity index (χ2n) is 2.07. The van der Waals surface area contributed by atoms with Crippen molar-refractivity contribution in [3.05, 3.63) is 18.0 Å². The topological polar surface area (TPSA) is 51.8 Å². The van der Waals surface area contributed by atoms with Crippen LogP contribution in [0.1, 0.15) is 5.56 Å². The van der Waals surface area contributed by atoms with Gasteiger partial charge in [-0.3, -0.25) is 4.98 Å². The molecule has 0 unspecified atom stereocenters. The lowest BCUT2D eigenvalue weighted by atomic mass is 10.3. The number of rotatable bonds is 0. The van der Waals surface area contributed by atoms with Crippen LogP contribution in [-0.2, 0) is 0 Å². The third-order valence-electron chi connectivity index (χ3n) is 1.35. The largest absolute Gasteiger partial charge is 0.337 e. The zero-order chi connectivity index (χ0) is 6.97. The van der Waals surface area contributed by atoms with Crippen molar-refractivity contribution in [1.82, 2.24) is 15.4 Å². The number of hydrogen-bond acceptors (Lipinski definition) is 4. The van der Waals surface area contributed by atoms with E-state index in [9.17, 15) is 0 Å². The fraction of sp³-hybridized carbons (Fsp3) is 0.167. The van der Waals surface area contributed by atoms with E-state index in [1.54, 1.807) is 12.4 Å². The third kappa shape index (κ3) is 0.586. The second kappa shape index (κ2) is 1.76. The van der Waals surface area contributed by atoms with Gasteiger partial charge in [0.25, 0.3) is 0 Å². The number of aryl methyl sites for hydroxylation is 1. The maximum atomic E-state index is 4.86. The average Bonchev–Trinajstić information content (AvgIpc) is 2.34. The van der Waals surface area contributed by atoms with E-state index in [0.717, 1.165) is 17.0 Å². The molecule has 0 spiro atoms. The van der Waals surface area contributed by atoms with Crippen LogP contribution in [-0.4, -0.2) is 15.4 Å². The predicted molar refractivity (Wildman–Crippen MR) is 33.5 cm³/mol. The Hall–Kier alpha value is -1.45. The monoisotopic (exact) mass is 135 g/mol. The Kier molecular flexibility index (Phi) is 0.943. The van der Waals surface area contributed by atoms with Crippen molar-refractivity contribution >= 4 is 0 Å². The molecule has 0 aliphatic carbocycles. The fourth-order valence-corrected chi connectivity index (χ4v) is 0.839. The summed E-state index contributed by atoms with van der Waals surface area (Å²) < 4.78 is 4.86. The Morgan fingerprint density at radius 3 is 3.10 bits per heavy atom. The SMILES string of the molecule is Cc1cnc2cnnoc1-2. The molecule has 0 N–H and O–H groups in total. The molecule has 4 nitrogen and oxygen atoms in total. The smallest absolute Gasteiger partial charge is 0.191 e. The van der Waals surface area contributed by atoms with Gasteiger partial charge in [0.15, 0.2) is 5.76 Å². The van der Waals surface area contributed by atoms with Crippen molar-refractivity contribution in [2.75, 3.05) is 0 Å². The van der Waals surface area contributed by atoms with Gasteiger partial charge >= 0.3 is 0 Å². The molecule has 0 bridgehead atoms. The van der Waals surface area contributed by atoms with E-state index in [-0.39, 0.29) is 0 Å². The summed E-state index contributed by atoms with van der Waals surface area (Å²) in [5.74, 6) is 0.718. The van der Waals surface area contributed by atoms with Crippen LogP contribution in [0.3, 0.4) is 0 Å². The molecule has 0 amide bonds. The Morgan fingerprint density at radius 2 is 2.30 bits per heavy atom. The van der Waals surface area contributed by atoms with Gasteiger partial charge in [0.2, 0.25) is 0 Å². The predicted octanol–water partition coefficient (Wildman–Crippen LogP) is 0.878. The van der Waals surface area contributed by atoms with E-state index < -0.39 is 0 Å². The van der Waals surface area contributed by atoms with E-state index >= 15 is 0 Å². The van der Waals surface area contributed by atoms with Crippen molar-refractivity contribution in [3.8, 4) is 11.5 Å². The molecule has 4 heteroatoms. The van der Waals surface area contributed by atoms with Gasteiger partial charge in [0.1, 0.15) is 5.69 Å². The fourth-order valence-electron chi connectivity index (χ4n) is 0.839. The highest BCUT2D eigenvalue weighted by molar-refractivity contribution is 5.56. The van der Waals surface area contributed by atoms with E-state index in [2.05, 4.69) is 15.4 Å². The molecule has 2 aliphatic heterocycles. The quantitative estimate of drug-likeness (QED) is 0.538. The molecule has 0 saturated carbocycles. The van der Waals surface area contributed by atoms with Gasteiger partial charge in [0.05, 0.1) is 6.20 Å². The lowest BCUT2D eigenvalue weighted by Gasteiger charge is -1.90. The van der Waals surface area contributed by atoms with Crippen LogP contribution < -0.4 is 0 Å². The second-order valence-corrected chi connectivity index (χ2v) is 2.07. The van der Waals surface area contributed by atoms with Gasteiger partial charge in [-0.2, -0.15) is 0 Å². The highest BCUT2D eigenvalue weighted by Gasteiger charge is 2.09. The number of nitrogens with zero attached hydrogens (tertiary/aromatic N) is 3. The highest BCUT2D eigenvalue weighted by Crippen LogP contribution is 2.20. The molecule has 2 aliphatic rings. The molecule has 2 rings (SSSR count). The van der Waals surface area contributed by atoms with Crippen molar-refractivity contribution in [3.63, 3.8) is 0 Å². The zero-order valence-electron chi connectivity index (χ0n) is 5.40. The molecule has 0 atom stereocenters. The Balaban J connectivity index is 2.78. The molecule has 0 fully saturated rings. The minimum absolute atomic E-state index is 0.718. The minimum Gasteiger partial charge on any atom is -0.337 e. The molecule has 0 aromatic carbocycles. The van der Waals surface area contributed by atoms with E-state index in [1.165, 1.54) is 0 Å². The molecule has 50 valence electrons.